The molecular formula is C7H12O2S. The second-order valence-corrected chi connectivity index (χ2v) is 4.57. The third-order valence-electron chi connectivity index (χ3n) is 1.89. The van der Waals surface area contributed by atoms with Crippen molar-refractivity contribution in [3.63, 3.8) is 0 Å². The Morgan fingerprint density at radius 3 is 2.40 bits per heavy atom. The second-order valence-electron chi connectivity index (χ2n) is 3.07. The van der Waals surface area contributed by atoms with Crippen LogP contribution in [0.3, 0.4) is 0 Å². The van der Waals surface area contributed by atoms with Gasteiger partial charge in [-0.05, 0) is 5.92 Å². The van der Waals surface area contributed by atoms with E-state index in [1.165, 1.54) is 0 Å². The fourth-order valence-electron chi connectivity index (χ4n) is 1.18. The molecule has 0 saturated carbocycles. The summed E-state index contributed by atoms with van der Waals surface area (Å²) in [4.78, 5) is 11.0. The average Bonchev–Trinajstić information content (AvgIpc) is 2.10. The molecule has 2 unspecified atom stereocenters. The van der Waals surface area contributed by atoms with Crippen LogP contribution < -0.4 is 0 Å². The molecule has 1 aliphatic heterocycles. The van der Waals surface area contributed by atoms with Gasteiger partial charge in [-0.3, -0.25) is 9.00 Å². The van der Waals surface area contributed by atoms with E-state index in [-0.39, 0.29) is 11.7 Å². The maximum atomic E-state index is 11.0. The lowest BCUT2D eigenvalue weighted by molar-refractivity contribution is -0.120. The first-order valence-corrected chi connectivity index (χ1v) is 4.97. The molecule has 2 nitrogen and oxygen atoms in total. The molecule has 3 heteroatoms. The van der Waals surface area contributed by atoms with Crippen LogP contribution in [-0.2, 0) is 15.6 Å². The molecular weight excluding hydrogens is 148 g/mol. The fourth-order valence-corrected chi connectivity index (χ4v) is 2.80. The summed E-state index contributed by atoms with van der Waals surface area (Å²) in [6.07, 6.45) is 0. The third-order valence-corrected chi connectivity index (χ3v) is 3.22. The summed E-state index contributed by atoms with van der Waals surface area (Å²) in [6.45, 7) is 4.01. The van der Waals surface area contributed by atoms with Crippen molar-refractivity contribution in [1.82, 2.24) is 0 Å². The van der Waals surface area contributed by atoms with Crippen LogP contribution in [0.25, 0.3) is 0 Å². The van der Waals surface area contributed by atoms with Crippen LogP contribution in [0.5, 0.6) is 0 Å². The number of carbonyl (C=O) groups excluding carboxylic acids is 1. The Kier molecular flexibility index (Phi) is 2.24. The van der Waals surface area contributed by atoms with E-state index in [0.29, 0.717) is 17.4 Å². The third kappa shape index (κ3) is 1.45. The molecule has 0 aromatic rings. The molecule has 1 rings (SSSR count). The lowest BCUT2D eigenvalue weighted by Crippen LogP contribution is -2.17. The smallest absolute Gasteiger partial charge is 0.149 e. The number of Topliss-reactive ketones (excluding diaryl/α,β-unsaturated/α-hetero) is 1. The highest BCUT2D eigenvalue weighted by molar-refractivity contribution is 7.86. The Labute approximate surface area is 63.5 Å². The monoisotopic (exact) mass is 160 g/mol. The van der Waals surface area contributed by atoms with Crippen LogP contribution in [0.1, 0.15) is 13.8 Å². The van der Waals surface area contributed by atoms with Gasteiger partial charge in [0.15, 0.2) is 0 Å². The Morgan fingerprint density at radius 2 is 2.20 bits per heavy atom. The summed E-state index contributed by atoms with van der Waals surface area (Å²) >= 11 is 0. The molecule has 1 fully saturated rings. The van der Waals surface area contributed by atoms with Gasteiger partial charge in [0.25, 0.3) is 0 Å². The van der Waals surface area contributed by atoms with Crippen molar-refractivity contribution in [1.29, 1.82) is 0 Å². The maximum Gasteiger partial charge on any atom is 0.149 e. The molecule has 10 heavy (non-hydrogen) atoms. The van der Waals surface area contributed by atoms with E-state index in [1.807, 2.05) is 13.8 Å². The predicted octanol–water partition coefficient (Wildman–Crippen LogP) is 0.590. The number of hydrogen-bond acceptors (Lipinski definition) is 2. The Morgan fingerprint density at radius 1 is 1.60 bits per heavy atom. The van der Waals surface area contributed by atoms with Gasteiger partial charge in [-0.2, -0.15) is 0 Å². The van der Waals surface area contributed by atoms with Crippen molar-refractivity contribution in [2.75, 3.05) is 11.5 Å². The molecule has 2 atom stereocenters. The van der Waals surface area contributed by atoms with Gasteiger partial charge in [-0.15, -0.1) is 0 Å². The summed E-state index contributed by atoms with van der Waals surface area (Å²) in [5.74, 6) is 1.51. The van der Waals surface area contributed by atoms with E-state index in [1.54, 1.807) is 0 Å². The highest BCUT2D eigenvalue weighted by Crippen LogP contribution is 2.19. The minimum Gasteiger partial charge on any atom is -0.298 e. The van der Waals surface area contributed by atoms with Gasteiger partial charge in [0.1, 0.15) is 5.78 Å². The van der Waals surface area contributed by atoms with E-state index in [4.69, 9.17) is 0 Å². The fraction of sp³-hybridized carbons (Fsp3) is 0.857. The zero-order valence-electron chi connectivity index (χ0n) is 6.29. The first-order valence-electron chi connectivity index (χ1n) is 3.49. The van der Waals surface area contributed by atoms with E-state index >= 15 is 0 Å². The lowest BCUT2D eigenvalue weighted by atomic mass is 9.95. The van der Waals surface area contributed by atoms with Gasteiger partial charge in [0, 0.05) is 22.5 Å². The van der Waals surface area contributed by atoms with Gasteiger partial charge >= 0.3 is 0 Å². The first kappa shape index (κ1) is 7.92. The van der Waals surface area contributed by atoms with Crippen LogP contribution in [-0.4, -0.2) is 21.5 Å². The van der Waals surface area contributed by atoms with Gasteiger partial charge in [-0.25, -0.2) is 0 Å². The Hall–Kier alpha value is -0.180. The van der Waals surface area contributed by atoms with E-state index in [2.05, 4.69) is 0 Å². The standard InChI is InChI=1S/C7H12O2S/c1-5(2)6-3-10(9)4-7(6)8/h5-6H,3-4H2,1-2H3. The van der Waals surface area contributed by atoms with Gasteiger partial charge < -0.3 is 0 Å². The minimum absolute atomic E-state index is 0.0702. The topological polar surface area (TPSA) is 34.1 Å². The molecule has 0 bridgehead atoms. The maximum absolute atomic E-state index is 11.0. The van der Waals surface area contributed by atoms with Gasteiger partial charge in [0.2, 0.25) is 0 Å². The minimum atomic E-state index is -0.853. The van der Waals surface area contributed by atoms with Crippen LogP contribution in [0, 0.1) is 11.8 Å². The SMILES string of the molecule is CC(C)C1CS(=O)CC1=O. The quantitative estimate of drug-likeness (QED) is 0.562. The van der Waals surface area contributed by atoms with Crippen molar-refractivity contribution in [2.45, 2.75) is 13.8 Å². The second kappa shape index (κ2) is 2.82. The van der Waals surface area contributed by atoms with Crippen molar-refractivity contribution in [2.24, 2.45) is 11.8 Å². The molecule has 0 amide bonds. The van der Waals surface area contributed by atoms with E-state index in [0.717, 1.165) is 0 Å². The molecule has 0 aliphatic carbocycles. The van der Waals surface area contributed by atoms with Crippen LogP contribution >= 0.6 is 0 Å². The Bertz CT molecular complexity index is 174. The van der Waals surface area contributed by atoms with Crippen molar-refractivity contribution >= 4 is 16.6 Å². The summed E-state index contributed by atoms with van der Waals surface area (Å²) in [5, 5.41) is 0. The summed E-state index contributed by atoms with van der Waals surface area (Å²) < 4.78 is 10.9. The average molecular weight is 160 g/mol. The first-order chi connectivity index (χ1) is 4.61. The van der Waals surface area contributed by atoms with Crippen LogP contribution in [0.15, 0.2) is 0 Å². The predicted molar refractivity (Wildman–Crippen MR) is 41.2 cm³/mol. The number of hydrogen-bond donors (Lipinski definition) is 0. The molecule has 0 radical (unpaired) electrons. The molecule has 1 heterocycles. The highest BCUT2D eigenvalue weighted by Gasteiger charge is 2.31. The van der Waals surface area contributed by atoms with Gasteiger partial charge in [-0.1, -0.05) is 13.8 Å². The van der Waals surface area contributed by atoms with Crippen molar-refractivity contribution < 1.29 is 9.00 Å². The van der Waals surface area contributed by atoms with Gasteiger partial charge in [0.05, 0.1) is 5.75 Å². The summed E-state index contributed by atoms with van der Waals surface area (Å²) in [7, 11) is -0.853. The molecule has 0 N–H and O–H groups in total. The largest absolute Gasteiger partial charge is 0.298 e. The van der Waals surface area contributed by atoms with Crippen LogP contribution in [0.4, 0.5) is 0 Å². The molecule has 58 valence electrons. The van der Waals surface area contributed by atoms with Crippen molar-refractivity contribution in [3.8, 4) is 0 Å². The zero-order valence-corrected chi connectivity index (χ0v) is 7.11. The molecule has 0 spiro atoms. The molecule has 1 saturated heterocycles. The number of rotatable bonds is 1. The number of ketones is 1. The lowest BCUT2D eigenvalue weighted by Gasteiger charge is -2.08. The highest BCUT2D eigenvalue weighted by atomic mass is 32.2. The summed E-state index contributed by atoms with van der Waals surface area (Å²) in [5.41, 5.74) is 0. The molecule has 1 aliphatic rings. The van der Waals surface area contributed by atoms with Crippen molar-refractivity contribution in [3.05, 3.63) is 0 Å². The molecule has 0 aromatic heterocycles. The summed E-state index contributed by atoms with van der Waals surface area (Å²) in [6, 6.07) is 0. The van der Waals surface area contributed by atoms with E-state index in [9.17, 15) is 9.00 Å². The van der Waals surface area contributed by atoms with E-state index < -0.39 is 10.8 Å². The Balaban J connectivity index is 2.63. The number of carbonyl (C=O) groups is 1. The van der Waals surface area contributed by atoms with Crippen LogP contribution in [0.2, 0.25) is 0 Å². The zero-order chi connectivity index (χ0) is 7.72. The molecule has 0 aromatic carbocycles. The normalized spacial score (nSPS) is 33.7.